The van der Waals surface area contributed by atoms with Gasteiger partial charge in [-0.25, -0.2) is 4.68 Å². The maximum absolute atomic E-state index is 12.8. The second kappa shape index (κ2) is 7.82. The Balaban J connectivity index is 1.64. The summed E-state index contributed by atoms with van der Waals surface area (Å²) in [6.07, 6.45) is 8.70. The second-order valence-corrected chi connectivity index (χ2v) is 6.85. The monoisotopic (exact) mass is 344 g/mol. The number of anilines is 1. The van der Waals surface area contributed by atoms with Crippen LogP contribution >= 0.6 is 0 Å². The fourth-order valence-corrected chi connectivity index (χ4v) is 3.51. The molecule has 1 amide bonds. The third-order valence-electron chi connectivity index (χ3n) is 5.19. The third-order valence-corrected chi connectivity index (χ3v) is 5.19. The number of nitrogens with zero attached hydrogens (tertiary/aromatic N) is 5. The predicted octanol–water partition coefficient (Wildman–Crippen LogP) is 2.54. The fourth-order valence-electron chi connectivity index (χ4n) is 3.51. The van der Waals surface area contributed by atoms with Crippen LogP contribution in [0.15, 0.2) is 30.7 Å². The lowest BCUT2D eigenvalue weighted by Gasteiger charge is -2.30. The van der Waals surface area contributed by atoms with Gasteiger partial charge in [0.05, 0.1) is 24.8 Å². The SMILES string of the molecule is CC[C@H](C)n1nccc1NC(=O)[C@@H](C)N1CCC[C@@H]1Cn1cccn1. The van der Waals surface area contributed by atoms with Crippen molar-refractivity contribution in [3.05, 3.63) is 30.7 Å². The molecule has 2 aromatic rings. The Bertz CT molecular complexity index is 680. The largest absolute Gasteiger partial charge is 0.310 e. The van der Waals surface area contributed by atoms with E-state index in [1.165, 1.54) is 0 Å². The molecule has 1 fully saturated rings. The molecule has 0 aliphatic carbocycles. The highest BCUT2D eigenvalue weighted by molar-refractivity contribution is 5.93. The summed E-state index contributed by atoms with van der Waals surface area (Å²) in [5.74, 6) is 0.798. The van der Waals surface area contributed by atoms with Crippen molar-refractivity contribution >= 4 is 11.7 Å². The second-order valence-electron chi connectivity index (χ2n) is 6.85. The Hall–Kier alpha value is -2.15. The normalized spacial score (nSPS) is 20.5. The van der Waals surface area contributed by atoms with Crippen LogP contribution in [-0.4, -0.2) is 49.0 Å². The smallest absolute Gasteiger partial charge is 0.242 e. The van der Waals surface area contributed by atoms with E-state index in [-0.39, 0.29) is 18.0 Å². The van der Waals surface area contributed by atoms with Gasteiger partial charge in [0.25, 0.3) is 0 Å². The van der Waals surface area contributed by atoms with Gasteiger partial charge >= 0.3 is 0 Å². The molecule has 2 aromatic heterocycles. The van der Waals surface area contributed by atoms with Crippen molar-refractivity contribution in [3.63, 3.8) is 0 Å². The van der Waals surface area contributed by atoms with E-state index in [0.29, 0.717) is 6.04 Å². The van der Waals surface area contributed by atoms with Crippen molar-refractivity contribution in [1.29, 1.82) is 0 Å². The average Bonchev–Trinajstić information content (AvgIpc) is 3.35. The highest BCUT2D eigenvalue weighted by Crippen LogP contribution is 2.23. The van der Waals surface area contributed by atoms with Crippen molar-refractivity contribution in [2.75, 3.05) is 11.9 Å². The van der Waals surface area contributed by atoms with Crippen molar-refractivity contribution in [2.24, 2.45) is 0 Å². The van der Waals surface area contributed by atoms with Gasteiger partial charge in [-0.15, -0.1) is 0 Å². The highest BCUT2D eigenvalue weighted by Gasteiger charge is 2.32. The minimum atomic E-state index is -0.177. The number of carbonyl (C=O) groups is 1. The molecule has 25 heavy (non-hydrogen) atoms. The highest BCUT2D eigenvalue weighted by atomic mass is 16.2. The van der Waals surface area contributed by atoms with Crippen molar-refractivity contribution in [1.82, 2.24) is 24.5 Å². The van der Waals surface area contributed by atoms with E-state index in [0.717, 1.165) is 38.2 Å². The molecular weight excluding hydrogens is 316 g/mol. The standard InChI is InChI=1S/C18H28N6O/c1-4-14(2)24-17(8-10-20-24)21-18(25)15(3)23-12-5-7-16(23)13-22-11-6-9-19-22/h6,8-11,14-16H,4-5,7,12-13H2,1-3H3,(H,21,25)/t14-,15+,16+/m0/s1. The quantitative estimate of drug-likeness (QED) is 0.838. The molecule has 0 spiro atoms. The number of aromatic nitrogens is 4. The molecule has 3 heterocycles. The molecule has 0 unspecified atom stereocenters. The summed E-state index contributed by atoms with van der Waals surface area (Å²) in [5, 5.41) is 11.7. The molecule has 0 radical (unpaired) electrons. The lowest BCUT2D eigenvalue weighted by Crippen LogP contribution is -2.46. The molecule has 3 atom stereocenters. The van der Waals surface area contributed by atoms with E-state index in [1.807, 2.05) is 34.6 Å². The lowest BCUT2D eigenvalue weighted by atomic mass is 10.2. The average molecular weight is 344 g/mol. The number of amides is 1. The number of nitrogens with one attached hydrogen (secondary N) is 1. The minimum absolute atomic E-state index is 0.0254. The van der Waals surface area contributed by atoms with Crippen LogP contribution in [0.25, 0.3) is 0 Å². The van der Waals surface area contributed by atoms with Crippen molar-refractivity contribution < 1.29 is 4.79 Å². The van der Waals surface area contributed by atoms with Crippen LogP contribution in [0.5, 0.6) is 0 Å². The Kier molecular flexibility index (Phi) is 5.53. The van der Waals surface area contributed by atoms with E-state index < -0.39 is 0 Å². The lowest BCUT2D eigenvalue weighted by molar-refractivity contribution is -0.121. The Labute approximate surface area is 149 Å². The first-order valence-electron chi connectivity index (χ1n) is 9.17. The van der Waals surface area contributed by atoms with Crippen LogP contribution in [-0.2, 0) is 11.3 Å². The van der Waals surface area contributed by atoms with E-state index >= 15 is 0 Å². The van der Waals surface area contributed by atoms with Crippen LogP contribution in [0.3, 0.4) is 0 Å². The number of hydrogen-bond acceptors (Lipinski definition) is 4. The summed E-state index contributed by atoms with van der Waals surface area (Å²) in [6.45, 7) is 7.98. The summed E-state index contributed by atoms with van der Waals surface area (Å²) >= 11 is 0. The van der Waals surface area contributed by atoms with Crippen LogP contribution in [0.2, 0.25) is 0 Å². The van der Waals surface area contributed by atoms with Gasteiger partial charge in [0.15, 0.2) is 0 Å². The van der Waals surface area contributed by atoms with Gasteiger partial charge < -0.3 is 5.32 Å². The molecule has 0 aromatic carbocycles. The maximum atomic E-state index is 12.8. The van der Waals surface area contributed by atoms with Gasteiger partial charge in [0.2, 0.25) is 5.91 Å². The zero-order valence-corrected chi connectivity index (χ0v) is 15.3. The number of likely N-dealkylation sites (tertiary alicyclic amines) is 1. The topological polar surface area (TPSA) is 68.0 Å². The van der Waals surface area contributed by atoms with E-state index in [1.54, 1.807) is 12.4 Å². The van der Waals surface area contributed by atoms with Crippen LogP contribution in [0.1, 0.15) is 46.1 Å². The number of carbonyl (C=O) groups excluding carboxylic acids is 1. The molecule has 7 nitrogen and oxygen atoms in total. The first-order valence-corrected chi connectivity index (χ1v) is 9.17. The van der Waals surface area contributed by atoms with Crippen LogP contribution in [0.4, 0.5) is 5.82 Å². The van der Waals surface area contributed by atoms with Gasteiger partial charge in [-0.3, -0.25) is 14.4 Å². The molecule has 0 saturated carbocycles. The van der Waals surface area contributed by atoms with E-state index in [2.05, 4.69) is 34.3 Å². The van der Waals surface area contributed by atoms with Gasteiger partial charge in [-0.05, 0) is 45.7 Å². The molecule has 1 aliphatic rings. The molecule has 1 N–H and O–H groups in total. The summed E-state index contributed by atoms with van der Waals surface area (Å²) in [4.78, 5) is 15.1. The molecule has 1 saturated heterocycles. The van der Waals surface area contributed by atoms with Gasteiger partial charge in [-0.1, -0.05) is 6.92 Å². The first kappa shape index (κ1) is 17.7. The van der Waals surface area contributed by atoms with E-state index in [9.17, 15) is 4.79 Å². The Morgan fingerprint density at radius 3 is 2.92 bits per heavy atom. The molecule has 7 heteroatoms. The fraction of sp³-hybridized carbons (Fsp3) is 0.611. The third kappa shape index (κ3) is 3.92. The van der Waals surface area contributed by atoms with Gasteiger partial charge in [0, 0.05) is 24.5 Å². The predicted molar refractivity (Wildman–Crippen MR) is 97.3 cm³/mol. The molecule has 0 bridgehead atoms. The van der Waals surface area contributed by atoms with Gasteiger partial charge in [0.1, 0.15) is 5.82 Å². The molecule has 3 rings (SSSR count). The number of rotatable bonds is 7. The summed E-state index contributed by atoms with van der Waals surface area (Å²) in [5.41, 5.74) is 0. The molecule has 136 valence electrons. The zero-order valence-electron chi connectivity index (χ0n) is 15.3. The van der Waals surface area contributed by atoms with Gasteiger partial charge in [-0.2, -0.15) is 10.2 Å². The first-order chi connectivity index (χ1) is 12.1. The molecule has 1 aliphatic heterocycles. The summed E-state index contributed by atoms with van der Waals surface area (Å²) in [7, 11) is 0. The maximum Gasteiger partial charge on any atom is 0.242 e. The van der Waals surface area contributed by atoms with Crippen molar-refractivity contribution in [3.8, 4) is 0 Å². The van der Waals surface area contributed by atoms with E-state index in [4.69, 9.17) is 0 Å². The Morgan fingerprint density at radius 1 is 1.36 bits per heavy atom. The Morgan fingerprint density at radius 2 is 2.20 bits per heavy atom. The van der Waals surface area contributed by atoms with Crippen molar-refractivity contribution in [2.45, 2.75) is 64.7 Å². The van der Waals surface area contributed by atoms with Crippen LogP contribution in [0, 0.1) is 0 Å². The summed E-state index contributed by atoms with van der Waals surface area (Å²) < 4.78 is 3.83. The minimum Gasteiger partial charge on any atom is -0.310 e. The summed E-state index contributed by atoms with van der Waals surface area (Å²) in [6, 6.07) is 4.23. The number of hydrogen-bond donors (Lipinski definition) is 1. The molecular formula is C18H28N6O. The zero-order chi connectivity index (χ0) is 17.8. The van der Waals surface area contributed by atoms with Crippen LogP contribution < -0.4 is 5.32 Å².